The standard InChI is InChI=1S/C19H18Cl2N2O/c20-17-6-14-15(7-18(17)21)19(24)22-8-13-10-23(11-16(13)14)9-12-4-2-1-3-5-12/h1-7,13,16H,8-11H2,(H,22,24)/t13-,16-/m1/s1. The number of hydrogen-bond acceptors (Lipinski definition) is 2. The van der Waals surface area contributed by atoms with Crippen molar-refractivity contribution >= 4 is 29.1 Å². The van der Waals surface area contributed by atoms with Crippen LogP contribution >= 0.6 is 23.2 Å². The highest BCUT2D eigenvalue weighted by molar-refractivity contribution is 6.42. The molecule has 1 saturated heterocycles. The Kier molecular flexibility index (Phi) is 4.25. The largest absolute Gasteiger partial charge is 0.352 e. The van der Waals surface area contributed by atoms with Crippen molar-refractivity contribution in [1.82, 2.24) is 10.2 Å². The molecule has 2 aliphatic heterocycles. The molecule has 5 heteroatoms. The molecule has 2 aromatic carbocycles. The molecule has 0 spiro atoms. The maximum atomic E-state index is 12.3. The van der Waals surface area contributed by atoms with Crippen molar-refractivity contribution in [3.63, 3.8) is 0 Å². The molecule has 1 N–H and O–H groups in total. The van der Waals surface area contributed by atoms with Crippen molar-refractivity contribution < 1.29 is 4.79 Å². The molecule has 2 aliphatic rings. The zero-order valence-corrected chi connectivity index (χ0v) is 14.6. The predicted molar refractivity (Wildman–Crippen MR) is 96.7 cm³/mol. The summed E-state index contributed by atoms with van der Waals surface area (Å²) in [6.45, 7) is 3.52. The summed E-state index contributed by atoms with van der Waals surface area (Å²) in [5.74, 6) is 0.654. The Labute approximate surface area is 151 Å². The Morgan fingerprint density at radius 2 is 1.83 bits per heavy atom. The fraction of sp³-hybridized carbons (Fsp3) is 0.316. The molecule has 0 saturated carbocycles. The molecule has 2 heterocycles. The van der Waals surface area contributed by atoms with Crippen LogP contribution in [0.4, 0.5) is 0 Å². The van der Waals surface area contributed by atoms with Crippen LogP contribution in [0, 0.1) is 5.92 Å². The summed E-state index contributed by atoms with van der Waals surface area (Å²) >= 11 is 12.3. The zero-order valence-electron chi connectivity index (χ0n) is 13.1. The summed E-state index contributed by atoms with van der Waals surface area (Å²) in [5.41, 5.74) is 3.01. The van der Waals surface area contributed by atoms with Crippen molar-refractivity contribution in [1.29, 1.82) is 0 Å². The van der Waals surface area contributed by atoms with Crippen molar-refractivity contribution in [2.45, 2.75) is 12.5 Å². The molecular formula is C19H18Cl2N2O. The van der Waals surface area contributed by atoms with Crippen LogP contribution in [0.1, 0.15) is 27.4 Å². The summed E-state index contributed by atoms with van der Waals surface area (Å²) in [6.07, 6.45) is 0. The lowest BCUT2D eigenvalue weighted by Crippen LogP contribution is -2.29. The summed E-state index contributed by atoms with van der Waals surface area (Å²) in [7, 11) is 0. The van der Waals surface area contributed by atoms with Gasteiger partial charge in [0.05, 0.1) is 10.0 Å². The first-order valence-corrected chi connectivity index (χ1v) is 8.91. The topological polar surface area (TPSA) is 32.3 Å². The van der Waals surface area contributed by atoms with Gasteiger partial charge in [0.1, 0.15) is 0 Å². The van der Waals surface area contributed by atoms with E-state index in [0.29, 0.717) is 34.0 Å². The summed E-state index contributed by atoms with van der Waals surface area (Å²) in [6, 6.07) is 14.1. The molecule has 24 heavy (non-hydrogen) atoms. The Hall–Kier alpha value is -1.55. The zero-order chi connectivity index (χ0) is 16.7. The van der Waals surface area contributed by atoms with Gasteiger partial charge in [-0.1, -0.05) is 53.5 Å². The third kappa shape index (κ3) is 2.92. The third-order valence-corrected chi connectivity index (χ3v) is 5.75. The van der Waals surface area contributed by atoms with E-state index < -0.39 is 0 Å². The molecule has 0 aromatic heterocycles. The van der Waals surface area contributed by atoms with Gasteiger partial charge in [-0.3, -0.25) is 9.69 Å². The number of rotatable bonds is 2. The maximum Gasteiger partial charge on any atom is 0.251 e. The second kappa shape index (κ2) is 6.40. The van der Waals surface area contributed by atoms with E-state index in [0.717, 1.165) is 25.2 Å². The smallest absolute Gasteiger partial charge is 0.251 e. The number of fused-ring (bicyclic) bond motifs is 3. The van der Waals surface area contributed by atoms with E-state index in [1.807, 2.05) is 12.1 Å². The number of benzene rings is 2. The minimum atomic E-state index is -0.0485. The molecule has 124 valence electrons. The Morgan fingerprint density at radius 3 is 2.62 bits per heavy atom. The predicted octanol–water partition coefficient (Wildman–Crippen LogP) is 3.95. The average molecular weight is 361 g/mol. The lowest BCUT2D eigenvalue weighted by Gasteiger charge is -2.18. The number of amides is 1. The Balaban J connectivity index is 1.63. The molecule has 0 bridgehead atoms. The van der Waals surface area contributed by atoms with Gasteiger partial charge in [0, 0.05) is 37.7 Å². The van der Waals surface area contributed by atoms with Crippen molar-refractivity contribution in [2.75, 3.05) is 19.6 Å². The third-order valence-electron chi connectivity index (χ3n) is 5.03. The van der Waals surface area contributed by atoms with E-state index in [1.54, 1.807) is 6.07 Å². The second-order valence-corrected chi connectivity index (χ2v) is 7.42. The monoisotopic (exact) mass is 360 g/mol. The lowest BCUT2D eigenvalue weighted by atomic mass is 9.87. The van der Waals surface area contributed by atoms with E-state index >= 15 is 0 Å². The number of carbonyl (C=O) groups excluding carboxylic acids is 1. The van der Waals surface area contributed by atoms with Gasteiger partial charge in [-0.2, -0.15) is 0 Å². The molecule has 0 aliphatic carbocycles. The first-order valence-electron chi connectivity index (χ1n) is 8.15. The van der Waals surface area contributed by atoms with Gasteiger partial charge in [-0.15, -0.1) is 0 Å². The lowest BCUT2D eigenvalue weighted by molar-refractivity contribution is 0.0951. The molecule has 1 fully saturated rings. The molecule has 2 atom stereocenters. The molecule has 2 aromatic rings. The van der Waals surface area contributed by atoms with Crippen LogP contribution in [-0.4, -0.2) is 30.4 Å². The molecule has 0 unspecified atom stereocenters. The van der Waals surface area contributed by atoms with Crippen LogP contribution in [0.2, 0.25) is 10.0 Å². The summed E-state index contributed by atoms with van der Waals surface area (Å²) in [4.78, 5) is 14.8. The summed E-state index contributed by atoms with van der Waals surface area (Å²) < 4.78 is 0. The van der Waals surface area contributed by atoms with Crippen LogP contribution in [0.25, 0.3) is 0 Å². The van der Waals surface area contributed by atoms with Crippen molar-refractivity contribution in [3.8, 4) is 0 Å². The van der Waals surface area contributed by atoms with Gasteiger partial charge in [-0.25, -0.2) is 0 Å². The highest BCUT2D eigenvalue weighted by Crippen LogP contribution is 2.39. The summed E-state index contributed by atoms with van der Waals surface area (Å²) in [5, 5.41) is 3.99. The van der Waals surface area contributed by atoms with Crippen LogP contribution in [0.5, 0.6) is 0 Å². The van der Waals surface area contributed by atoms with Gasteiger partial charge in [0.15, 0.2) is 0 Å². The van der Waals surface area contributed by atoms with E-state index in [2.05, 4.69) is 34.5 Å². The minimum absolute atomic E-state index is 0.0485. The molecular weight excluding hydrogens is 343 g/mol. The highest BCUT2D eigenvalue weighted by Gasteiger charge is 2.38. The van der Waals surface area contributed by atoms with Gasteiger partial charge in [-0.05, 0) is 29.2 Å². The van der Waals surface area contributed by atoms with E-state index in [9.17, 15) is 4.79 Å². The number of nitrogens with one attached hydrogen (secondary N) is 1. The van der Waals surface area contributed by atoms with Crippen LogP contribution in [0.15, 0.2) is 42.5 Å². The first-order chi connectivity index (χ1) is 11.6. The minimum Gasteiger partial charge on any atom is -0.352 e. The molecule has 1 amide bonds. The van der Waals surface area contributed by atoms with Crippen LogP contribution < -0.4 is 5.32 Å². The molecule has 4 rings (SSSR count). The van der Waals surface area contributed by atoms with Gasteiger partial charge in [0.2, 0.25) is 0 Å². The second-order valence-electron chi connectivity index (χ2n) is 6.61. The normalized spacial score (nSPS) is 23.3. The highest BCUT2D eigenvalue weighted by atomic mass is 35.5. The van der Waals surface area contributed by atoms with Gasteiger partial charge >= 0.3 is 0 Å². The number of hydrogen-bond donors (Lipinski definition) is 1. The maximum absolute atomic E-state index is 12.3. The average Bonchev–Trinajstić information content (AvgIpc) is 2.93. The Morgan fingerprint density at radius 1 is 1.08 bits per heavy atom. The number of halogens is 2. The molecule has 0 radical (unpaired) electrons. The Bertz CT molecular complexity index is 778. The number of carbonyl (C=O) groups is 1. The van der Waals surface area contributed by atoms with Crippen LogP contribution in [0.3, 0.4) is 0 Å². The van der Waals surface area contributed by atoms with E-state index in [1.165, 1.54) is 5.56 Å². The van der Waals surface area contributed by atoms with Gasteiger partial charge < -0.3 is 5.32 Å². The SMILES string of the molecule is O=C1NC[C@@H]2CN(Cc3ccccc3)C[C@H]2c2cc(Cl)c(Cl)cc21. The quantitative estimate of drug-likeness (QED) is 0.879. The van der Waals surface area contributed by atoms with E-state index in [4.69, 9.17) is 23.2 Å². The fourth-order valence-electron chi connectivity index (χ4n) is 3.88. The van der Waals surface area contributed by atoms with E-state index in [-0.39, 0.29) is 5.91 Å². The van der Waals surface area contributed by atoms with Crippen LogP contribution in [-0.2, 0) is 6.54 Å². The first kappa shape index (κ1) is 15.9. The number of likely N-dealkylation sites (tertiary alicyclic amines) is 1. The van der Waals surface area contributed by atoms with Crippen molar-refractivity contribution in [3.05, 3.63) is 69.2 Å². The number of nitrogens with zero attached hydrogens (tertiary/aromatic N) is 1. The van der Waals surface area contributed by atoms with Crippen molar-refractivity contribution in [2.24, 2.45) is 5.92 Å². The molecule has 3 nitrogen and oxygen atoms in total. The fourth-order valence-corrected chi connectivity index (χ4v) is 4.21. The van der Waals surface area contributed by atoms with Gasteiger partial charge in [0.25, 0.3) is 5.91 Å².